The van der Waals surface area contributed by atoms with Gasteiger partial charge in [0.15, 0.2) is 0 Å². The smallest absolute Gasteiger partial charge is 0.273 e. The Hall–Kier alpha value is -0.900. The minimum absolute atomic E-state index is 0.0121. The molecule has 0 spiro atoms. The summed E-state index contributed by atoms with van der Waals surface area (Å²) in [5.41, 5.74) is 2.23. The van der Waals surface area contributed by atoms with Gasteiger partial charge in [-0.1, -0.05) is 6.92 Å². The number of amides is 1. The van der Waals surface area contributed by atoms with Crippen molar-refractivity contribution >= 4 is 17.2 Å². The van der Waals surface area contributed by atoms with Crippen molar-refractivity contribution in [2.45, 2.75) is 13.3 Å². The van der Waals surface area contributed by atoms with Crippen LogP contribution < -0.4 is 0 Å². The molecule has 3 nitrogen and oxygen atoms in total. The van der Waals surface area contributed by atoms with Gasteiger partial charge in [0, 0.05) is 19.0 Å². The van der Waals surface area contributed by atoms with E-state index >= 15 is 0 Å². The van der Waals surface area contributed by atoms with E-state index in [1.54, 1.807) is 22.8 Å². The summed E-state index contributed by atoms with van der Waals surface area (Å²) in [4.78, 5) is 17.1. The summed E-state index contributed by atoms with van der Waals surface area (Å²) in [5, 5.41) is 1.77. The van der Waals surface area contributed by atoms with Crippen LogP contribution in [0.3, 0.4) is 0 Å². The lowest BCUT2D eigenvalue weighted by molar-refractivity contribution is 0.0790. The van der Waals surface area contributed by atoms with E-state index in [9.17, 15) is 4.79 Å². The van der Waals surface area contributed by atoms with Crippen molar-refractivity contribution in [2.75, 3.05) is 13.6 Å². The predicted octanol–water partition coefficient (Wildman–Crippen LogP) is 1.63. The molecule has 0 fully saturated rings. The first-order chi connectivity index (χ1) is 5.75. The van der Waals surface area contributed by atoms with Gasteiger partial charge in [-0.05, 0) is 6.42 Å². The lowest BCUT2D eigenvalue weighted by Gasteiger charge is -2.13. The molecule has 4 heteroatoms. The summed E-state index contributed by atoms with van der Waals surface area (Å²) < 4.78 is 0. The molecule has 0 unspecified atom stereocenters. The highest BCUT2D eigenvalue weighted by atomic mass is 32.1. The van der Waals surface area contributed by atoms with Crippen LogP contribution in [0, 0.1) is 0 Å². The lowest BCUT2D eigenvalue weighted by atomic mass is 10.4. The van der Waals surface area contributed by atoms with E-state index < -0.39 is 0 Å². The number of carbonyl (C=O) groups is 1. The summed E-state index contributed by atoms with van der Waals surface area (Å²) in [6, 6.07) is 0. The van der Waals surface area contributed by atoms with Crippen LogP contribution in [-0.4, -0.2) is 29.4 Å². The third-order valence-corrected chi connectivity index (χ3v) is 2.14. The number of nitrogens with zero attached hydrogens (tertiary/aromatic N) is 2. The monoisotopic (exact) mass is 184 g/mol. The lowest BCUT2D eigenvalue weighted by Crippen LogP contribution is -2.27. The zero-order valence-electron chi connectivity index (χ0n) is 7.28. The SMILES string of the molecule is CCCN(C)C(=O)c1cscn1. The first kappa shape index (κ1) is 9.19. The van der Waals surface area contributed by atoms with Gasteiger partial charge in [-0.2, -0.15) is 0 Å². The van der Waals surface area contributed by atoms with Crippen molar-refractivity contribution < 1.29 is 4.79 Å². The summed E-state index contributed by atoms with van der Waals surface area (Å²) >= 11 is 1.44. The topological polar surface area (TPSA) is 33.2 Å². The predicted molar refractivity (Wildman–Crippen MR) is 49.4 cm³/mol. The zero-order chi connectivity index (χ0) is 8.97. The highest BCUT2D eigenvalue weighted by molar-refractivity contribution is 7.07. The third-order valence-electron chi connectivity index (χ3n) is 1.56. The molecular formula is C8H12N2OS. The Labute approximate surface area is 76.0 Å². The second-order valence-corrected chi connectivity index (χ2v) is 3.32. The van der Waals surface area contributed by atoms with E-state index in [2.05, 4.69) is 4.98 Å². The maximum absolute atomic E-state index is 11.5. The average Bonchev–Trinajstić information content (AvgIpc) is 2.55. The van der Waals surface area contributed by atoms with E-state index in [4.69, 9.17) is 0 Å². The Balaban J connectivity index is 2.59. The van der Waals surface area contributed by atoms with Gasteiger partial charge in [-0.3, -0.25) is 4.79 Å². The first-order valence-electron chi connectivity index (χ1n) is 3.89. The number of aromatic nitrogens is 1. The highest BCUT2D eigenvalue weighted by Crippen LogP contribution is 2.04. The molecule has 1 rings (SSSR count). The summed E-state index contributed by atoms with van der Waals surface area (Å²) in [6.07, 6.45) is 0.979. The Morgan fingerprint density at radius 2 is 2.50 bits per heavy atom. The Bertz CT molecular complexity index is 246. The largest absolute Gasteiger partial charge is 0.340 e. The van der Waals surface area contributed by atoms with Crippen LogP contribution in [-0.2, 0) is 0 Å². The van der Waals surface area contributed by atoms with E-state index in [0.717, 1.165) is 13.0 Å². The van der Waals surface area contributed by atoms with E-state index in [-0.39, 0.29) is 5.91 Å². The minimum atomic E-state index is 0.0121. The van der Waals surface area contributed by atoms with E-state index in [0.29, 0.717) is 5.69 Å². The van der Waals surface area contributed by atoms with Crippen molar-refractivity contribution in [3.63, 3.8) is 0 Å². The van der Waals surface area contributed by atoms with Crippen LogP contribution in [0.4, 0.5) is 0 Å². The number of rotatable bonds is 3. The molecular weight excluding hydrogens is 172 g/mol. The Kier molecular flexibility index (Phi) is 3.22. The van der Waals surface area contributed by atoms with Gasteiger partial charge in [0.1, 0.15) is 5.69 Å². The molecule has 0 aliphatic rings. The zero-order valence-corrected chi connectivity index (χ0v) is 8.10. The van der Waals surface area contributed by atoms with Crippen molar-refractivity contribution in [3.05, 3.63) is 16.6 Å². The van der Waals surface area contributed by atoms with Crippen LogP contribution in [0.1, 0.15) is 23.8 Å². The van der Waals surface area contributed by atoms with Gasteiger partial charge in [-0.25, -0.2) is 4.98 Å². The molecule has 12 heavy (non-hydrogen) atoms. The molecule has 0 bridgehead atoms. The van der Waals surface area contributed by atoms with Crippen molar-refractivity contribution in [2.24, 2.45) is 0 Å². The van der Waals surface area contributed by atoms with Crippen molar-refractivity contribution in [3.8, 4) is 0 Å². The molecule has 0 saturated carbocycles. The van der Waals surface area contributed by atoms with Crippen LogP contribution >= 0.6 is 11.3 Å². The highest BCUT2D eigenvalue weighted by Gasteiger charge is 2.11. The van der Waals surface area contributed by atoms with Gasteiger partial charge in [-0.15, -0.1) is 11.3 Å². The maximum atomic E-state index is 11.5. The summed E-state index contributed by atoms with van der Waals surface area (Å²) in [7, 11) is 1.80. The van der Waals surface area contributed by atoms with E-state index in [1.165, 1.54) is 11.3 Å². The van der Waals surface area contributed by atoms with Crippen LogP contribution in [0.25, 0.3) is 0 Å². The normalized spacial score (nSPS) is 9.83. The van der Waals surface area contributed by atoms with Gasteiger partial charge >= 0.3 is 0 Å². The number of hydrogen-bond donors (Lipinski definition) is 0. The first-order valence-corrected chi connectivity index (χ1v) is 4.83. The van der Waals surface area contributed by atoms with E-state index in [1.807, 2.05) is 6.92 Å². The third kappa shape index (κ3) is 2.04. The number of thiazole rings is 1. The molecule has 1 heterocycles. The quantitative estimate of drug-likeness (QED) is 0.715. The second-order valence-electron chi connectivity index (χ2n) is 2.60. The van der Waals surface area contributed by atoms with Gasteiger partial charge in [0.2, 0.25) is 0 Å². The molecule has 0 aliphatic carbocycles. The molecule has 0 aliphatic heterocycles. The molecule has 1 aromatic rings. The van der Waals surface area contributed by atoms with Crippen LogP contribution in [0.5, 0.6) is 0 Å². The second kappa shape index (κ2) is 4.21. The summed E-state index contributed by atoms with van der Waals surface area (Å²) in [5.74, 6) is 0.0121. The molecule has 0 aromatic carbocycles. The minimum Gasteiger partial charge on any atom is -0.340 e. The molecule has 1 amide bonds. The fourth-order valence-corrected chi connectivity index (χ4v) is 1.48. The maximum Gasteiger partial charge on any atom is 0.273 e. The van der Waals surface area contributed by atoms with Gasteiger partial charge in [0.05, 0.1) is 5.51 Å². The molecule has 0 radical (unpaired) electrons. The molecule has 0 saturated heterocycles. The molecule has 0 N–H and O–H groups in total. The van der Waals surface area contributed by atoms with Crippen molar-refractivity contribution in [1.29, 1.82) is 0 Å². The average molecular weight is 184 g/mol. The number of hydrogen-bond acceptors (Lipinski definition) is 3. The Morgan fingerprint density at radius 1 is 1.75 bits per heavy atom. The van der Waals surface area contributed by atoms with Crippen molar-refractivity contribution in [1.82, 2.24) is 9.88 Å². The Morgan fingerprint density at radius 3 is 3.00 bits per heavy atom. The fourth-order valence-electron chi connectivity index (χ4n) is 0.951. The van der Waals surface area contributed by atoms with Gasteiger partial charge < -0.3 is 4.90 Å². The standard InChI is InChI=1S/C8H12N2OS/c1-3-4-10(2)8(11)7-5-12-6-9-7/h5-6H,3-4H2,1-2H3. The molecule has 0 atom stereocenters. The van der Waals surface area contributed by atoms with Crippen LogP contribution in [0.15, 0.2) is 10.9 Å². The van der Waals surface area contributed by atoms with Crippen LogP contribution in [0.2, 0.25) is 0 Å². The summed E-state index contributed by atoms with van der Waals surface area (Å²) in [6.45, 7) is 2.83. The fraction of sp³-hybridized carbons (Fsp3) is 0.500. The molecule has 1 aromatic heterocycles. The molecule has 66 valence electrons. The number of carbonyl (C=O) groups excluding carboxylic acids is 1. The van der Waals surface area contributed by atoms with Gasteiger partial charge in [0.25, 0.3) is 5.91 Å².